The Bertz CT molecular complexity index is 1810. The lowest BCUT2D eigenvalue weighted by atomic mass is 9.89. The van der Waals surface area contributed by atoms with Crippen molar-refractivity contribution in [3.05, 3.63) is 95.2 Å². The fraction of sp³-hybridized carbons (Fsp3) is 0.219. The van der Waals surface area contributed by atoms with Gasteiger partial charge in [-0.2, -0.15) is 0 Å². The minimum Gasteiger partial charge on any atom is -0.497 e. The molecule has 4 amide bonds. The zero-order valence-electron chi connectivity index (χ0n) is 23.5. The van der Waals surface area contributed by atoms with Gasteiger partial charge in [-0.1, -0.05) is 42.5 Å². The molecule has 6 rings (SSSR count). The van der Waals surface area contributed by atoms with Crippen LogP contribution in [0.15, 0.2) is 72.8 Å². The van der Waals surface area contributed by atoms with E-state index >= 15 is 0 Å². The molecule has 3 atom stereocenters. The normalized spacial score (nSPS) is 18.1. The van der Waals surface area contributed by atoms with E-state index in [0.29, 0.717) is 5.75 Å². The highest BCUT2D eigenvalue weighted by molar-refractivity contribution is 6.24. The third-order valence-corrected chi connectivity index (χ3v) is 8.12. The molecule has 1 aromatic heterocycles. The van der Waals surface area contributed by atoms with Crippen molar-refractivity contribution in [2.24, 2.45) is 0 Å². The van der Waals surface area contributed by atoms with Crippen LogP contribution in [0, 0.1) is 0 Å². The van der Waals surface area contributed by atoms with Crippen molar-refractivity contribution >= 4 is 46.4 Å². The van der Waals surface area contributed by atoms with E-state index in [9.17, 15) is 29.1 Å². The Morgan fingerprint density at radius 1 is 1.00 bits per heavy atom. The number of hydrogen-bond acceptors (Lipinski definition) is 6. The SMILES string of the molecule is COc1ccc(C2c3[nH]c4ccccc4c3C[C@H]3C(=O)N(c4ccccc4C(=O)N[C@@H](CCC(=O)O)C(=O)O)C(=O)N23)cc1. The maximum absolute atomic E-state index is 14.3. The second kappa shape index (κ2) is 11.2. The van der Waals surface area contributed by atoms with E-state index in [-0.39, 0.29) is 24.1 Å². The van der Waals surface area contributed by atoms with Gasteiger partial charge in [0.05, 0.1) is 18.4 Å². The van der Waals surface area contributed by atoms with Gasteiger partial charge in [-0.05, 0) is 47.9 Å². The number of amides is 4. The molecule has 4 N–H and O–H groups in total. The predicted octanol–water partition coefficient (Wildman–Crippen LogP) is 3.71. The average Bonchev–Trinajstić information content (AvgIpc) is 3.51. The van der Waals surface area contributed by atoms with Crippen LogP contribution in [-0.4, -0.2) is 69.1 Å². The minimum atomic E-state index is -1.49. The highest BCUT2D eigenvalue weighted by Crippen LogP contribution is 2.45. The number of imide groups is 1. The smallest absolute Gasteiger partial charge is 0.332 e. The molecule has 0 radical (unpaired) electrons. The van der Waals surface area contributed by atoms with Crippen LogP contribution in [0.2, 0.25) is 0 Å². The van der Waals surface area contributed by atoms with Crippen molar-refractivity contribution < 1.29 is 38.9 Å². The Morgan fingerprint density at radius 2 is 1.70 bits per heavy atom. The molecule has 0 spiro atoms. The Hall–Kier alpha value is -5.65. The quantitative estimate of drug-likeness (QED) is 0.212. The van der Waals surface area contributed by atoms with Crippen molar-refractivity contribution in [3.63, 3.8) is 0 Å². The van der Waals surface area contributed by atoms with Crippen LogP contribution < -0.4 is 15.0 Å². The Kier molecular flexibility index (Phi) is 7.25. The summed E-state index contributed by atoms with van der Waals surface area (Å²) < 4.78 is 5.32. The Labute approximate surface area is 250 Å². The summed E-state index contributed by atoms with van der Waals surface area (Å²) in [4.78, 5) is 70.4. The molecule has 3 aromatic carbocycles. The number of benzene rings is 3. The summed E-state index contributed by atoms with van der Waals surface area (Å²) in [5.41, 5.74) is 3.23. The number of methoxy groups -OCH3 is 1. The number of fused-ring (bicyclic) bond motifs is 4. The fourth-order valence-corrected chi connectivity index (χ4v) is 6.05. The van der Waals surface area contributed by atoms with E-state index in [4.69, 9.17) is 9.84 Å². The number of nitrogens with one attached hydrogen (secondary N) is 2. The van der Waals surface area contributed by atoms with Crippen molar-refractivity contribution in [1.82, 2.24) is 15.2 Å². The van der Waals surface area contributed by atoms with E-state index in [1.54, 1.807) is 25.3 Å². The molecule has 44 heavy (non-hydrogen) atoms. The van der Waals surface area contributed by atoms with Crippen molar-refractivity contribution in [2.75, 3.05) is 12.0 Å². The topological polar surface area (TPSA) is 169 Å². The van der Waals surface area contributed by atoms with Gasteiger partial charge in [0.25, 0.3) is 11.8 Å². The molecule has 2 aliphatic rings. The van der Waals surface area contributed by atoms with Crippen LogP contribution in [0.1, 0.15) is 46.1 Å². The number of para-hydroxylation sites is 2. The number of carboxylic acids is 2. The highest BCUT2D eigenvalue weighted by atomic mass is 16.5. The number of nitrogens with zero attached hydrogens (tertiary/aromatic N) is 2. The number of H-pyrrole nitrogens is 1. The van der Waals surface area contributed by atoms with E-state index < -0.39 is 54.3 Å². The average molecular weight is 597 g/mol. The number of anilines is 1. The molecule has 1 fully saturated rings. The van der Waals surface area contributed by atoms with Crippen molar-refractivity contribution in [2.45, 2.75) is 37.4 Å². The minimum absolute atomic E-state index is 0.00114. The summed E-state index contributed by atoms with van der Waals surface area (Å²) in [6.45, 7) is 0. The van der Waals surface area contributed by atoms with Gasteiger partial charge in [0.1, 0.15) is 23.9 Å². The number of urea groups is 1. The summed E-state index contributed by atoms with van der Waals surface area (Å²) in [6.07, 6.45) is -0.566. The first-order valence-electron chi connectivity index (χ1n) is 13.9. The summed E-state index contributed by atoms with van der Waals surface area (Å²) in [5.74, 6) is -3.36. The van der Waals surface area contributed by atoms with Crippen LogP contribution in [0.25, 0.3) is 10.9 Å². The van der Waals surface area contributed by atoms with Gasteiger partial charge in [-0.15, -0.1) is 0 Å². The standard InChI is InChI=1S/C32H28N4O8/c1-44-18-12-10-17(11-13-18)28-27-21(19-6-2-4-8-22(19)33-27)16-25-30(40)36(32(43)35(25)28)24-9-5-3-7-20(24)29(39)34-23(31(41)42)14-15-26(37)38/h2-13,23,25,28,33H,14-16H2,1H3,(H,34,39)(H,37,38)(H,41,42)/t23-,25-,28?/m0/s1. The highest BCUT2D eigenvalue weighted by Gasteiger charge is 2.53. The molecule has 224 valence electrons. The molecule has 0 aliphatic carbocycles. The zero-order valence-corrected chi connectivity index (χ0v) is 23.5. The first kappa shape index (κ1) is 28.5. The molecular formula is C32H28N4O8. The van der Waals surface area contributed by atoms with E-state index in [2.05, 4.69) is 10.3 Å². The maximum Gasteiger partial charge on any atom is 0.332 e. The second-order valence-electron chi connectivity index (χ2n) is 10.6. The molecule has 1 saturated heterocycles. The van der Waals surface area contributed by atoms with E-state index in [1.807, 2.05) is 36.4 Å². The fourth-order valence-electron chi connectivity index (χ4n) is 6.05. The first-order chi connectivity index (χ1) is 21.2. The van der Waals surface area contributed by atoms with E-state index in [0.717, 1.165) is 32.6 Å². The molecule has 0 saturated carbocycles. The largest absolute Gasteiger partial charge is 0.497 e. The predicted molar refractivity (Wildman–Crippen MR) is 158 cm³/mol. The number of carbonyl (C=O) groups is 5. The van der Waals surface area contributed by atoms with E-state index in [1.165, 1.54) is 23.1 Å². The number of aromatic nitrogens is 1. The van der Waals surface area contributed by atoms with Crippen LogP contribution in [0.4, 0.5) is 10.5 Å². The van der Waals surface area contributed by atoms with Crippen molar-refractivity contribution in [1.29, 1.82) is 0 Å². The van der Waals surface area contributed by atoms with Crippen LogP contribution in [0.5, 0.6) is 5.75 Å². The second-order valence-corrected chi connectivity index (χ2v) is 10.6. The van der Waals surface area contributed by atoms with Crippen LogP contribution in [-0.2, 0) is 20.8 Å². The molecule has 12 nitrogen and oxygen atoms in total. The van der Waals surface area contributed by atoms with Gasteiger partial charge in [0.2, 0.25) is 0 Å². The van der Waals surface area contributed by atoms with Gasteiger partial charge in [0, 0.05) is 29.4 Å². The molecule has 3 heterocycles. The summed E-state index contributed by atoms with van der Waals surface area (Å²) >= 11 is 0. The van der Waals surface area contributed by atoms with Gasteiger partial charge in [0.15, 0.2) is 0 Å². The third kappa shape index (κ3) is 4.79. The molecular weight excluding hydrogens is 568 g/mol. The summed E-state index contributed by atoms with van der Waals surface area (Å²) in [7, 11) is 1.56. The van der Waals surface area contributed by atoms with Gasteiger partial charge in [-0.25, -0.2) is 14.5 Å². The number of hydrogen-bond donors (Lipinski definition) is 4. The Morgan fingerprint density at radius 3 is 2.41 bits per heavy atom. The zero-order chi connectivity index (χ0) is 31.1. The van der Waals surface area contributed by atoms with Crippen LogP contribution in [0.3, 0.4) is 0 Å². The summed E-state index contributed by atoms with van der Waals surface area (Å²) in [5, 5.41) is 21.8. The monoisotopic (exact) mass is 596 g/mol. The lowest BCUT2D eigenvalue weighted by molar-refractivity contribution is -0.140. The number of aliphatic carboxylic acids is 2. The number of ether oxygens (including phenoxy) is 1. The molecule has 4 aromatic rings. The lowest BCUT2D eigenvalue weighted by Gasteiger charge is -2.36. The summed E-state index contributed by atoms with van der Waals surface area (Å²) in [6, 6.07) is 17.3. The molecule has 1 unspecified atom stereocenters. The number of aromatic amines is 1. The number of carboxylic acid groups (broad SMARTS) is 2. The van der Waals surface area contributed by atoms with Gasteiger partial charge < -0.3 is 25.3 Å². The molecule has 2 aliphatic heterocycles. The molecule has 12 heteroatoms. The third-order valence-electron chi connectivity index (χ3n) is 8.12. The first-order valence-corrected chi connectivity index (χ1v) is 13.9. The van der Waals surface area contributed by atoms with Gasteiger partial charge in [-0.3, -0.25) is 19.3 Å². The van der Waals surface area contributed by atoms with Crippen molar-refractivity contribution in [3.8, 4) is 5.75 Å². The lowest BCUT2D eigenvalue weighted by Crippen LogP contribution is -2.44. The molecule has 0 bridgehead atoms. The number of carbonyl (C=O) groups excluding carboxylic acids is 3. The maximum atomic E-state index is 14.3. The van der Waals surface area contributed by atoms with Crippen LogP contribution >= 0.6 is 0 Å². The Balaban J connectivity index is 1.40. The van der Waals surface area contributed by atoms with Gasteiger partial charge >= 0.3 is 18.0 Å². The number of rotatable bonds is 9.